The average molecular weight is 461 g/mol. The van der Waals surface area contributed by atoms with Crippen LogP contribution in [-0.4, -0.2) is 48.3 Å². The van der Waals surface area contributed by atoms with Crippen LogP contribution in [0.25, 0.3) is 5.70 Å². The fourth-order valence-corrected chi connectivity index (χ4v) is 4.63. The van der Waals surface area contributed by atoms with Crippen molar-refractivity contribution in [3.05, 3.63) is 77.4 Å². The molecule has 2 unspecified atom stereocenters. The Morgan fingerprint density at radius 2 is 1.76 bits per heavy atom. The van der Waals surface area contributed by atoms with Gasteiger partial charge in [-0.2, -0.15) is 0 Å². The van der Waals surface area contributed by atoms with Gasteiger partial charge in [0.25, 0.3) is 0 Å². The van der Waals surface area contributed by atoms with Crippen LogP contribution in [0.5, 0.6) is 0 Å². The summed E-state index contributed by atoms with van der Waals surface area (Å²) in [4.78, 5) is 40.5. The van der Waals surface area contributed by atoms with E-state index in [4.69, 9.17) is 0 Å². The van der Waals surface area contributed by atoms with E-state index in [9.17, 15) is 14.4 Å². The number of rotatable bonds is 7. The second-order valence-electron chi connectivity index (χ2n) is 8.90. The second-order valence-corrected chi connectivity index (χ2v) is 8.90. The molecule has 0 aromatic heterocycles. The molecule has 3 N–H and O–H groups in total. The van der Waals surface area contributed by atoms with E-state index in [1.807, 2.05) is 48.5 Å². The molecule has 3 amide bonds. The van der Waals surface area contributed by atoms with Gasteiger partial charge in [0.1, 0.15) is 12.6 Å². The summed E-state index contributed by atoms with van der Waals surface area (Å²) in [6, 6.07) is 16.6. The molecule has 7 heteroatoms. The normalized spacial score (nSPS) is 20.7. The number of hydrogen-bond acceptors (Lipinski definition) is 4. The first-order valence-corrected chi connectivity index (χ1v) is 11.9. The van der Waals surface area contributed by atoms with Gasteiger partial charge in [0.05, 0.1) is 12.1 Å². The molecule has 0 radical (unpaired) electrons. The smallest absolute Gasteiger partial charge is 0.250 e. The summed E-state index contributed by atoms with van der Waals surface area (Å²) in [7, 11) is 1.69. The van der Waals surface area contributed by atoms with E-state index in [0.29, 0.717) is 12.1 Å². The van der Waals surface area contributed by atoms with E-state index in [1.165, 1.54) is 10.5 Å². The summed E-state index contributed by atoms with van der Waals surface area (Å²) in [6.45, 7) is 1.63. The summed E-state index contributed by atoms with van der Waals surface area (Å²) in [6.07, 6.45) is 5.20. The highest BCUT2D eigenvalue weighted by molar-refractivity contribution is 5.98. The third kappa shape index (κ3) is 5.20. The second kappa shape index (κ2) is 10.7. The van der Waals surface area contributed by atoms with E-state index < -0.39 is 12.1 Å². The molecule has 1 aliphatic carbocycles. The average Bonchev–Trinajstić information content (AvgIpc) is 2.86. The number of aryl methyl sites for hydroxylation is 1. The Bertz CT molecular complexity index is 1080. The molecule has 0 spiro atoms. The Labute approximate surface area is 200 Å². The van der Waals surface area contributed by atoms with Crippen LogP contribution in [0.3, 0.4) is 0 Å². The summed E-state index contributed by atoms with van der Waals surface area (Å²) in [5.74, 6) is -0.745. The van der Waals surface area contributed by atoms with Crippen molar-refractivity contribution in [2.24, 2.45) is 0 Å². The Hall–Kier alpha value is -3.45. The van der Waals surface area contributed by atoms with Crippen molar-refractivity contribution in [3.63, 3.8) is 0 Å². The van der Waals surface area contributed by atoms with Gasteiger partial charge in [0.2, 0.25) is 17.7 Å². The van der Waals surface area contributed by atoms with Crippen LogP contribution in [-0.2, 0) is 20.8 Å². The predicted octanol–water partition coefficient (Wildman–Crippen LogP) is 2.55. The third-order valence-corrected chi connectivity index (χ3v) is 6.62. The summed E-state index contributed by atoms with van der Waals surface area (Å²) < 4.78 is 0. The van der Waals surface area contributed by atoms with Crippen LogP contribution in [0.4, 0.5) is 0 Å². The molecule has 4 rings (SSSR count). The van der Waals surface area contributed by atoms with Crippen molar-refractivity contribution >= 4 is 23.4 Å². The van der Waals surface area contributed by atoms with Gasteiger partial charge < -0.3 is 20.9 Å². The van der Waals surface area contributed by atoms with Crippen molar-refractivity contribution in [3.8, 4) is 0 Å². The molecule has 0 bridgehead atoms. The first-order valence-electron chi connectivity index (χ1n) is 11.9. The molecule has 2 aromatic rings. The van der Waals surface area contributed by atoms with Gasteiger partial charge in [-0.15, -0.1) is 0 Å². The minimum Gasteiger partial charge on any atom is -0.348 e. The molecule has 7 nitrogen and oxygen atoms in total. The van der Waals surface area contributed by atoms with Crippen LogP contribution in [0, 0.1) is 0 Å². The molecular weight excluding hydrogens is 428 g/mol. The monoisotopic (exact) mass is 460 g/mol. The van der Waals surface area contributed by atoms with Crippen LogP contribution in [0.2, 0.25) is 0 Å². The molecule has 0 fully saturated rings. The number of fused-ring (bicyclic) bond motifs is 1. The quantitative estimate of drug-likeness (QED) is 0.592. The maximum absolute atomic E-state index is 13.5. The number of nitrogens with zero attached hydrogens (tertiary/aromatic N) is 1. The standard InChI is InChI=1S/C27H32N4O3/c1-18(28-2)26(33)30-23-15-16-24(20-10-4-3-5-11-20)31(27(23)34)17-25(32)29-22-14-8-12-19-9-6-7-13-21(19)22/h3-7,9-11,13,16,18,22-23,28H,8,12,14-15,17H2,1-2H3,(H,29,32)(H,30,33)/t18-,22?,23?/m0/s1. The first-order chi connectivity index (χ1) is 16.5. The third-order valence-electron chi connectivity index (χ3n) is 6.62. The fourth-order valence-electron chi connectivity index (χ4n) is 4.63. The van der Waals surface area contributed by atoms with Gasteiger partial charge in [-0.1, -0.05) is 60.7 Å². The number of carbonyl (C=O) groups excluding carboxylic acids is 3. The zero-order chi connectivity index (χ0) is 24.1. The van der Waals surface area contributed by atoms with Crippen molar-refractivity contribution in [2.45, 2.75) is 50.7 Å². The van der Waals surface area contributed by atoms with E-state index in [2.05, 4.69) is 28.1 Å². The van der Waals surface area contributed by atoms with E-state index >= 15 is 0 Å². The summed E-state index contributed by atoms with van der Waals surface area (Å²) >= 11 is 0. The molecule has 34 heavy (non-hydrogen) atoms. The minimum atomic E-state index is -0.709. The molecule has 178 valence electrons. The molecular formula is C27H32N4O3. The first kappa shape index (κ1) is 23.7. The maximum Gasteiger partial charge on any atom is 0.250 e. The number of nitrogens with one attached hydrogen (secondary N) is 3. The van der Waals surface area contributed by atoms with E-state index in [-0.39, 0.29) is 30.3 Å². The Morgan fingerprint density at radius 1 is 1.03 bits per heavy atom. The van der Waals surface area contributed by atoms with Gasteiger partial charge >= 0.3 is 0 Å². The number of likely N-dealkylation sites (N-methyl/N-ethyl adjacent to an activating group) is 1. The van der Waals surface area contributed by atoms with Crippen LogP contribution < -0.4 is 16.0 Å². The molecule has 1 aliphatic heterocycles. The highest BCUT2D eigenvalue weighted by atomic mass is 16.2. The van der Waals surface area contributed by atoms with Gasteiger partial charge in [0.15, 0.2) is 0 Å². The lowest BCUT2D eigenvalue weighted by atomic mass is 9.88. The zero-order valence-electron chi connectivity index (χ0n) is 19.7. The number of benzene rings is 2. The van der Waals surface area contributed by atoms with Crippen molar-refractivity contribution in [1.82, 2.24) is 20.9 Å². The summed E-state index contributed by atoms with van der Waals surface area (Å²) in [5, 5.41) is 8.84. The highest BCUT2D eigenvalue weighted by Crippen LogP contribution is 2.30. The van der Waals surface area contributed by atoms with Crippen LogP contribution in [0.15, 0.2) is 60.7 Å². The van der Waals surface area contributed by atoms with Crippen LogP contribution >= 0.6 is 0 Å². The SMILES string of the molecule is CN[C@@H](C)C(=O)NC1CC=C(c2ccccc2)N(CC(=O)NC2CCCc3ccccc32)C1=O. The molecule has 1 heterocycles. The lowest BCUT2D eigenvalue weighted by Crippen LogP contribution is -2.55. The summed E-state index contributed by atoms with van der Waals surface area (Å²) in [5.41, 5.74) is 3.97. The van der Waals surface area contributed by atoms with Crippen molar-refractivity contribution < 1.29 is 14.4 Å². The van der Waals surface area contributed by atoms with Crippen LogP contribution in [0.1, 0.15) is 48.9 Å². The Balaban J connectivity index is 1.53. The molecule has 2 aliphatic rings. The molecule has 3 atom stereocenters. The number of amides is 3. The number of hydrogen-bond donors (Lipinski definition) is 3. The topological polar surface area (TPSA) is 90.5 Å². The van der Waals surface area contributed by atoms with E-state index in [0.717, 1.165) is 30.4 Å². The lowest BCUT2D eigenvalue weighted by molar-refractivity contribution is -0.137. The Kier molecular flexibility index (Phi) is 7.43. The van der Waals surface area contributed by atoms with Gasteiger partial charge in [-0.05, 0) is 56.3 Å². The maximum atomic E-state index is 13.5. The fraction of sp³-hybridized carbons (Fsp3) is 0.370. The molecule has 0 saturated heterocycles. The molecule has 2 aromatic carbocycles. The number of carbonyl (C=O) groups is 3. The van der Waals surface area contributed by atoms with Crippen molar-refractivity contribution in [2.75, 3.05) is 13.6 Å². The van der Waals surface area contributed by atoms with Gasteiger partial charge in [0, 0.05) is 5.70 Å². The largest absolute Gasteiger partial charge is 0.348 e. The Morgan fingerprint density at radius 3 is 2.53 bits per heavy atom. The van der Waals surface area contributed by atoms with Gasteiger partial charge in [-0.3, -0.25) is 14.4 Å². The van der Waals surface area contributed by atoms with Gasteiger partial charge in [-0.25, -0.2) is 0 Å². The predicted molar refractivity (Wildman–Crippen MR) is 131 cm³/mol. The van der Waals surface area contributed by atoms with Crippen molar-refractivity contribution in [1.29, 1.82) is 0 Å². The van der Waals surface area contributed by atoms with E-state index in [1.54, 1.807) is 14.0 Å². The molecule has 0 saturated carbocycles. The lowest BCUT2D eigenvalue weighted by Gasteiger charge is -2.34. The zero-order valence-corrected chi connectivity index (χ0v) is 19.7. The minimum absolute atomic E-state index is 0.0616. The highest BCUT2D eigenvalue weighted by Gasteiger charge is 2.34.